The standard InChI is InChI=1S/C12H13ClF3NO/c1-17(5-4-12(14,15)16)7-10-6-11(13)3-2-9(10)8-18/h2-3,6,8H,4-5,7H2,1H3. The average Bonchev–Trinajstić information content (AvgIpc) is 2.26. The molecule has 0 saturated heterocycles. The maximum absolute atomic E-state index is 12.1. The lowest BCUT2D eigenvalue weighted by molar-refractivity contribution is -0.137. The Morgan fingerprint density at radius 2 is 2.06 bits per heavy atom. The summed E-state index contributed by atoms with van der Waals surface area (Å²) >= 11 is 5.79. The summed E-state index contributed by atoms with van der Waals surface area (Å²) in [4.78, 5) is 12.3. The lowest BCUT2D eigenvalue weighted by atomic mass is 10.1. The van der Waals surface area contributed by atoms with Crippen molar-refractivity contribution in [1.29, 1.82) is 0 Å². The van der Waals surface area contributed by atoms with Gasteiger partial charge in [-0.05, 0) is 30.8 Å². The summed E-state index contributed by atoms with van der Waals surface area (Å²) in [5.41, 5.74) is 1.07. The fourth-order valence-corrected chi connectivity index (χ4v) is 1.71. The van der Waals surface area contributed by atoms with Gasteiger partial charge in [-0.2, -0.15) is 13.2 Å². The molecule has 0 saturated carbocycles. The Bertz CT molecular complexity index is 420. The van der Waals surface area contributed by atoms with E-state index in [1.54, 1.807) is 25.2 Å². The zero-order valence-corrected chi connectivity index (χ0v) is 10.6. The van der Waals surface area contributed by atoms with Crippen LogP contribution in [0.15, 0.2) is 18.2 Å². The summed E-state index contributed by atoms with van der Waals surface area (Å²) in [6.07, 6.45) is -4.38. The second kappa shape index (κ2) is 6.20. The molecule has 0 amide bonds. The van der Waals surface area contributed by atoms with Gasteiger partial charge < -0.3 is 4.90 Å². The molecule has 0 atom stereocenters. The number of rotatable bonds is 5. The maximum Gasteiger partial charge on any atom is 0.390 e. The van der Waals surface area contributed by atoms with Crippen LogP contribution in [-0.4, -0.2) is 31.0 Å². The Balaban J connectivity index is 2.66. The van der Waals surface area contributed by atoms with Gasteiger partial charge in [-0.25, -0.2) is 0 Å². The van der Waals surface area contributed by atoms with Gasteiger partial charge in [0.2, 0.25) is 0 Å². The van der Waals surface area contributed by atoms with Crippen molar-refractivity contribution in [2.45, 2.75) is 19.1 Å². The zero-order valence-electron chi connectivity index (χ0n) is 9.80. The van der Waals surface area contributed by atoms with Crippen molar-refractivity contribution in [2.24, 2.45) is 0 Å². The molecule has 1 aromatic carbocycles. The molecule has 100 valence electrons. The first-order valence-corrected chi connectivity index (χ1v) is 5.68. The molecule has 0 N–H and O–H groups in total. The third-order valence-electron chi connectivity index (χ3n) is 2.45. The molecule has 18 heavy (non-hydrogen) atoms. The lowest BCUT2D eigenvalue weighted by Crippen LogP contribution is -2.24. The van der Waals surface area contributed by atoms with Gasteiger partial charge in [-0.3, -0.25) is 4.79 Å². The van der Waals surface area contributed by atoms with Crippen molar-refractivity contribution in [3.05, 3.63) is 34.3 Å². The molecule has 0 aromatic heterocycles. The van der Waals surface area contributed by atoms with Gasteiger partial charge in [-0.15, -0.1) is 0 Å². The molecule has 0 unspecified atom stereocenters. The normalized spacial score (nSPS) is 11.9. The van der Waals surface area contributed by atoms with E-state index in [0.29, 0.717) is 22.4 Å². The van der Waals surface area contributed by atoms with E-state index in [1.165, 1.54) is 4.90 Å². The first-order chi connectivity index (χ1) is 8.31. The second-order valence-electron chi connectivity index (χ2n) is 4.06. The fourth-order valence-electron chi connectivity index (χ4n) is 1.51. The van der Waals surface area contributed by atoms with Gasteiger partial charge in [0.1, 0.15) is 6.29 Å². The van der Waals surface area contributed by atoms with Crippen LogP contribution in [-0.2, 0) is 6.54 Å². The van der Waals surface area contributed by atoms with Crippen molar-refractivity contribution in [1.82, 2.24) is 4.90 Å². The number of nitrogens with zero attached hydrogens (tertiary/aromatic N) is 1. The predicted octanol–water partition coefficient (Wildman–Crippen LogP) is 3.54. The number of benzene rings is 1. The van der Waals surface area contributed by atoms with Gasteiger partial charge in [0.25, 0.3) is 0 Å². The number of aldehydes is 1. The lowest BCUT2D eigenvalue weighted by Gasteiger charge is -2.18. The minimum atomic E-state index is -4.17. The van der Waals surface area contributed by atoms with Gasteiger partial charge in [-0.1, -0.05) is 11.6 Å². The number of hydrogen-bond acceptors (Lipinski definition) is 2. The molecule has 0 aliphatic heterocycles. The minimum Gasteiger partial charge on any atom is -0.302 e. The molecule has 0 bridgehead atoms. The number of halogens is 4. The zero-order chi connectivity index (χ0) is 13.8. The van der Waals surface area contributed by atoms with E-state index < -0.39 is 12.6 Å². The molecule has 2 nitrogen and oxygen atoms in total. The molecule has 1 rings (SSSR count). The summed E-state index contributed by atoms with van der Waals surface area (Å²) in [5, 5.41) is 0.458. The summed E-state index contributed by atoms with van der Waals surface area (Å²) in [7, 11) is 1.57. The van der Waals surface area contributed by atoms with Crippen LogP contribution < -0.4 is 0 Å². The van der Waals surface area contributed by atoms with Crippen molar-refractivity contribution < 1.29 is 18.0 Å². The van der Waals surface area contributed by atoms with Crippen LogP contribution >= 0.6 is 11.6 Å². The quantitative estimate of drug-likeness (QED) is 0.769. The molecule has 1 aromatic rings. The Hall–Kier alpha value is -1.07. The van der Waals surface area contributed by atoms with Gasteiger partial charge in [0, 0.05) is 23.7 Å². The van der Waals surface area contributed by atoms with Crippen molar-refractivity contribution in [3.8, 4) is 0 Å². The third kappa shape index (κ3) is 5.06. The van der Waals surface area contributed by atoms with Gasteiger partial charge in [0.15, 0.2) is 0 Å². The van der Waals surface area contributed by atoms with Crippen LogP contribution in [0.2, 0.25) is 5.02 Å². The highest BCUT2D eigenvalue weighted by Gasteiger charge is 2.27. The summed E-state index contributed by atoms with van der Waals surface area (Å²) in [5.74, 6) is 0. The number of alkyl halides is 3. The average molecular weight is 280 g/mol. The van der Waals surface area contributed by atoms with Crippen LogP contribution in [0, 0.1) is 0 Å². The Kier molecular flexibility index (Phi) is 5.16. The van der Waals surface area contributed by atoms with Crippen molar-refractivity contribution >= 4 is 17.9 Å². The minimum absolute atomic E-state index is 0.117. The number of carbonyl (C=O) groups is 1. The molecule has 0 aliphatic carbocycles. The summed E-state index contributed by atoms with van der Waals surface area (Å²) in [6.45, 7) is 0.138. The van der Waals surface area contributed by atoms with E-state index in [4.69, 9.17) is 11.6 Å². The first kappa shape index (κ1) is 15.0. The maximum atomic E-state index is 12.1. The van der Waals surface area contributed by atoms with E-state index in [2.05, 4.69) is 0 Å². The number of hydrogen-bond donors (Lipinski definition) is 0. The molecule has 0 fully saturated rings. The Morgan fingerprint density at radius 3 is 2.61 bits per heavy atom. The highest BCUT2D eigenvalue weighted by atomic mass is 35.5. The molecule has 0 spiro atoms. The molecule has 0 radical (unpaired) electrons. The largest absolute Gasteiger partial charge is 0.390 e. The van der Waals surface area contributed by atoms with E-state index in [1.807, 2.05) is 0 Å². The highest BCUT2D eigenvalue weighted by Crippen LogP contribution is 2.21. The Labute approximate surface area is 108 Å². The van der Waals surface area contributed by atoms with Crippen molar-refractivity contribution in [2.75, 3.05) is 13.6 Å². The van der Waals surface area contributed by atoms with E-state index in [9.17, 15) is 18.0 Å². The van der Waals surface area contributed by atoms with Gasteiger partial charge in [0.05, 0.1) is 6.42 Å². The van der Waals surface area contributed by atoms with Crippen LogP contribution in [0.3, 0.4) is 0 Å². The SMILES string of the molecule is CN(CCC(F)(F)F)Cc1cc(Cl)ccc1C=O. The highest BCUT2D eigenvalue weighted by molar-refractivity contribution is 6.30. The van der Waals surface area contributed by atoms with E-state index in [0.717, 1.165) is 0 Å². The molecular weight excluding hydrogens is 267 g/mol. The predicted molar refractivity (Wildman–Crippen MR) is 63.8 cm³/mol. The van der Waals surface area contributed by atoms with Crippen LogP contribution in [0.25, 0.3) is 0 Å². The smallest absolute Gasteiger partial charge is 0.302 e. The third-order valence-corrected chi connectivity index (χ3v) is 2.68. The van der Waals surface area contributed by atoms with Gasteiger partial charge >= 0.3 is 6.18 Å². The molecular formula is C12H13ClF3NO. The Morgan fingerprint density at radius 1 is 1.39 bits per heavy atom. The molecule has 0 aliphatic rings. The van der Waals surface area contributed by atoms with Crippen LogP contribution in [0.4, 0.5) is 13.2 Å². The van der Waals surface area contributed by atoms with E-state index >= 15 is 0 Å². The first-order valence-electron chi connectivity index (χ1n) is 5.31. The molecule has 0 heterocycles. The van der Waals surface area contributed by atoms with Crippen molar-refractivity contribution in [3.63, 3.8) is 0 Å². The fraction of sp³-hybridized carbons (Fsp3) is 0.417. The topological polar surface area (TPSA) is 20.3 Å². The summed E-state index contributed by atoms with van der Waals surface area (Å²) < 4.78 is 36.2. The second-order valence-corrected chi connectivity index (χ2v) is 4.50. The molecule has 6 heteroatoms. The van der Waals surface area contributed by atoms with Crippen LogP contribution in [0.1, 0.15) is 22.3 Å². The van der Waals surface area contributed by atoms with E-state index in [-0.39, 0.29) is 13.1 Å². The van der Waals surface area contributed by atoms with Crippen LogP contribution in [0.5, 0.6) is 0 Å². The monoisotopic (exact) mass is 279 g/mol. The summed E-state index contributed by atoms with van der Waals surface area (Å²) in [6, 6.07) is 4.72. The number of carbonyl (C=O) groups excluding carboxylic acids is 1.